The Balaban J connectivity index is 1.92. The van der Waals surface area contributed by atoms with Crippen LogP contribution >= 0.6 is 23.4 Å². The van der Waals surface area contributed by atoms with Gasteiger partial charge in [0.15, 0.2) is 0 Å². The standard InChI is InChI=1S/C20H17Cl2NO/c1-24-17-12-10-15(11-13-17)14-23(22)19-9-5-8-18(21)20(19)16-6-3-2-4-7-16/h2-13H,14H2,1H3. The Labute approximate surface area is 152 Å². The average molecular weight is 358 g/mol. The lowest BCUT2D eigenvalue weighted by Crippen LogP contribution is -2.11. The van der Waals surface area contributed by atoms with Crippen molar-refractivity contribution in [1.29, 1.82) is 0 Å². The zero-order valence-electron chi connectivity index (χ0n) is 13.2. The van der Waals surface area contributed by atoms with Crippen LogP contribution in [-0.2, 0) is 6.54 Å². The number of ether oxygens (including phenoxy) is 1. The summed E-state index contributed by atoms with van der Waals surface area (Å²) in [7, 11) is 1.65. The average Bonchev–Trinajstić information content (AvgIpc) is 2.63. The van der Waals surface area contributed by atoms with Crippen molar-refractivity contribution in [2.75, 3.05) is 11.5 Å². The summed E-state index contributed by atoms with van der Waals surface area (Å²) in [6.45, 7) is 0.561. The van der Waals surface area contributed by atoms with E-state index in [-0.39, 0.29) is 0 Å². The molecule has 0 N–H and O–H groups in total. The number of halogens is 2. The highest BCUT2D eigenvalue weighted by Crippen LogP contribution is 2.38. The van der Waals surface area contributed by atoms with Crippen molar-refractivity contribution < 1.29 is 4.74 Å². The Morgan fingerprint density at radius 3 is 2.25 bits per heavy atom. The van der Waals surface area contributed by atoms with Crippen LogP contribution in [0.5, 0.6) is 5.75 Å². The van der Waals surface area contributed by atoms with E-state index in [1.165, 1.54) is 0 Å². The van der Waals surface area contributed by atoms with Crippen LogP contribution in [0, 0.1) is 0 Å². The van der Waals surface area contributed by atoms with Gasteiger partial charge in [-0.15, -0.1) is 0 Å². The van der Waals surface area contributed by atoms with Gasteiger partial charge in [-0.25, -0.2) is 0 Å². The molecule has 3 rings (SSSR count). The highest BCUT2D eigenvalue weighted by Gasteiger charge is 2.14. The van der Waals surface area contributed by atoms with Gasteiger partial charge in [0.05, 0.1) is 24.4 Å². The van der Waals surface area contributed by atoms with E-state index in [2.05, 4.69) is 0 Å². The Hall–Kier alpha value is -2.16. The first-order chi connectivity index (χ1) is 11.7. The van der Waals surface area contributed by atoms with Crippen molar-refractivity contribution in [3.05, 3.63) is 83.4 Å². The maximum Gasteiger partial charge on any atom is 0.118 e. The monoisotopic (exact) mass is 357 g/mol. The molecule has 122 valence electrons. The smallest absolute Gasteiger partial charge is 0.118 e. The van der Waals surface area contributed by atoms with E-state index in [4.69, 9.17) is 28.1 Å². The van der Waals surface area contributed by atoms with Crippen molar-refractivity contribution in [2.24, 2.45) is 0 Å². The van der Waals surface area contributed by atoms with Crippen molar-refractivity contribution in [3.8, 4) is 16.9 Å². The molecule has 0 spiro atoms. The topological polar surface area (TPSA) is 12.5 Å². The number of hydrogen-bond donors (Lipinski definition) is 0. The molecule has 0 fully saturated rings. The summed E-state index contributed by atoms with van der Waals surface area (Å²) < 4.78 is 6.88. The second-order valence-electron chi connectivity index (χ2n) is 5.37. The zero-order chi connectivity index (χ0) is 16.9. The van der Waals surface area contributed by atoms with E-state index >= 15 is 0 Å². The summed E-state index contributed by atoms with van der Waals surface area (Å²) in [6.07, 6.45) is 0. The molecule has 3 aromatic carbocycles. The Kier molecular flexibility index (Phi) is 5.29. The molecule has 0 atom stereocenters. The first kappa shape index (κ1) is 16.7. The fraction of sp³-hybridized carbons (Fsp3) is 0.100. The molecule has 0 aromatic heterocycles. The maximum atomic E-state index is 6.58. The summed E-state index contributed by atoms with van der Waals surface area (Å²) in [5.41, 5.74) is 3.94. The van der Waals surface area contributed by atoms with Gasteiger partial charge in [0.1, 0.15) is 5.75 Å². The van der Waals surface area contributed by atoms with Crippen LogP contribution in [0.2, 0.25) is 5.02 Å². The number of benzene rings is 3. The second kappa shape index (κ2) is 7.61. The van der Waals surface area contributed by atoms with Gasteiger partial charge in [-0.1, -0.05) is 60.1 Å². The molecule has 0 unspecified atom stereocenters. The minimum atomic E-state index is 0.561. The van der Waals surface area contributed by atoms with Crippen LogP contribution in [0.4, 0.5) is 5.69 Å². The van der Waals surface area contributed by atoms with E-state index in [0.29, 0.717) is 11.6 Å². The number of anilines is 1. The summed E-state index contributed by atoms with van der Waals surface area (Å²) >= 11 is 13.0. The third-order valence-electron chi connectivity index (χ3n) is 3.80. The van der Waals surface area contributed by atoms with Gasteiger partial charge < -0.3 is 4.74 Å². The molecule has 3 aromatic rings. The van der Waals surface area contributed by atoms with Gasteiger partial charge in [0, 0.05) is 17.3 Å². The Bertz CT molecular complexity index is 804. The first-order valence-electron chi connectivity index (χ1n) is 7.59. The first-order valence-corrected chi connectivity index (χ1v) is 8.31. The molecule has 0 saturated heterocycles. The van der Waals surface area contributed by atoms with Crippen molar-refractivity contribution in [3.63, 3.8) is 0 Å². The lowest BCUT2D eigenvalue weighted by molar-refractivity contribution is 0.414. The third kappa shape index (κ3) is 3.66. The van der Waals surface area contributed by atoms with Crippen LogP contribution in [0.3, 0.4) is 0 Å². The quantitative estimate of drug-likeness (QED) is 0.505. The Morgan fingerprint density at radius 2 is 1.58 bits per heavy atom. The molecule has 0 saturated carbocycles. The fourth-order valence-electron chi connectivity index (χ4n) is 2.58. The molecule has 24 heavy (non-hydrogen) atoms. The number of methoxy groups -OCH3 is 1. The third-order valence-corrected chi connectivity index (χ3v) is 4.41. The predicted octanol–water partition coefficient (Wildman–Crippen LogP) is 6.18. The molecule has 0 aliphatic heterocycles. The van der Waals surface area contributed by atoms with Crippen molar-refractivity contribution in [2.45, 2.75) is 6.54 Å². The largest absolute Gasteiger partial charge is 0.497 e. The van der Waals surface area contributed by atoms with Crippen LogP contribution in [0.25, 0.3) is 11.1 Å². The SMILES string of the molecule is COc1ccc(CN(Cl)c2cccc(Cl)c2-c2ccccc2)cc1. The van der Waals surface area contributed by atoms with Crippen molar-refractivity contribution in [1.82, 2.24) is 0 Å². The summed E-state index contributed by atoms with van der Waals surface area (Å²) in [5, 5.41) is 0.680. The normalized spacial score (nSPS) is 10.5. The van der Waals surface area contributed by atoms with E-state index < -0.39 is 0 Å². The lowest BCUT2D eigenvalue weighted by Gasteiger charge is -2.21. The minimum Gasteiger partial charge on any atom is -0.497 e. The van der Waals surface area contributed by atoms with Crippen molar-refractivity contribution >= 4 is 29.1 Å². The van der Waals surface area contributed by atoms with Gasteiger partial charge in [-0.2, -0.15) is 0 Å². The van der Waals surface area contributed by atoms with Gasteiger partial charge in [-0.3, -0.25) is 4.42 Å². The molecule has 0 amide bonds. The molecular weight excluding hydrogens is 341 g/mol. The maximum absolute atomic E-state index is 6.58. The van der Waals surface area contributed by atoms with Gasteiger partial charge >= 0.3 is 0 Å². The molecule has 0 radical (unpaired) electrons. The van der Waals surface area contributed by atoms with Crippen LogP contribution < -0.4 is 9.16 Å². The summed E-state index contributed by atoms with van der Waals surface area (Å²) in [6, 6.07) is 23.6. The summed E-state index contributed by atoms with van der Waals surface area (Å²) in [4.78, 5) is 0. The Morgan fingerprint density at radius 1 is 0.875 bits per heavy atom. The van der Waals surface area contributed by atoms with Gasteiger partial charge in [0.2, 0.25) is 0 Å². The molecule has 0 aliphatic rings. The molecule has 2 nitrogen and oxygen atoms in total. The highest BCUT2D eigenvalue weighted by atomic mass is 35.5. The van der Waals surface area contributed by atoms with Crippen LogP contribution in [0.1, 0.15) is 5.56 Å². The van der Waals surface area contributed by atoms with Crippen LogP contribution in [0.15, 0.2) is 72.8 Å². The van der Waals surface area contributed by atoms with Gasteiger partial charge in [-0.05, 0) is 35.4 Å². The van der Waals surface area contributed by atoms with Crippen LogP contribution in [-0.4, -0.2) is 7.11 Å². The van der Waals surface area contributed by atoms with E-state index in [1.807, 2.05) is 72.8 Å². The van der Waals surface area contributed by atoms with E-state index in [0.717, 1.165) is 28.1 Å². The van der Waals surface area contributed by atoms with E-state index in [1.54, 1.807) is 11.5 Å². The van der Waals surface area contributed by atoms with Gasteiger partial charge in [0.25, 0.3) is 0 Å². The molecule has 4 heteroatoms. The van der Waals surface area contributed by atoms with E-state index in [9.17, 15) is 0 Å². The molecule has 0 aliphatic carbocycles. The lowest BCUT2D eigenvalue weighted by atomic mass is 10.0. The zero-order valence-corrected chi connectivity index (χ0v) is 14.8. The molecule has 0 heterocycles. The number of hydrogen-bond acceptors (Lipinski definition) is 2. The highest BCUT2D eigenvalue weighted by molar-refractivity contribution is 6.35. The number of rotatable bonds is 5. The fourth-order valence-corrected chi connectivity index (χ4v) is 3.14. The second-order valence-corrected chi connectivity index (χ2v) is 6.18. The predicted molar refractivity (Wildman–Crippen MR) is 102 cm³/mol. The summed E-state index contributed by atoms with van der Waals surface area (Å²) in [5.74, 6) is 0.826. The minimum absolute atomic E-state index is 0.561. The molecule has 0 bridgehead atoms. The molecular formula is C20H17Cl2NO. The number of nitrogens with zero attached hydrogens (tertiary/aromatic N) is 1.